The van der Waals surface area contributed by atoms with Crippen LogP contribution >= 0.6 is 24.0 Å². The molecule has 1 fully saturated rings. The van der Waals surface area contributed by atoms with Gasteiger partial charge in [-0.15, -0.1) is 0 Å². The Hall–Kier alpha value is -1.93. The molecule has 1 saturated heterocycles. The Kier molecular flexibility index (Phi) is 6.95. The van der Waals surface area contributed by atoms with E-state index in [2.05, 4.69) is 5.32 Å². The molecular formula is C17H20N2O4S2. The van der Waals surface area contributed by atoms with E-state index in [1.165, 1.54) is 18.9 Å². The van der Waals surface area contributed by atoms with E-state index in [1.54, 1.807) is 29.2 Å². The summed E-state index contributed by atoms with van der Waals surface area (Å²) in [5.74, 6) is -0.714. The minimum atomic E-state index is -0.508. The highest BCUT2D eigenvalue weighted by Gasteiger charge is 2.35. The zero-order chi connectivity index (χ0) is 18.4. The molecule has 1 atom stereocenters. The number of anilines is 1. The summed E-state index contributed by atoms with van der Waals surface area (Å²) in [6.07, 6.45) is 1.46. The summed E-state index contributed by atoms with van der Waals surface area (Å²) in [5, 5.41) is 2.61. The predicted molar refractivity (Wildman–Crippen MR) is 102 cm³/mol. The van der Waals surface area contributed by atoms with Crippen molar-refractivity contribution in [3.05, 3.63) is 29.8 Å². The molecule has 0 bridgehead atoms. The number of methoxy groups -OCH3 is 1. The lowest BCUT2D eigenvalue weighted by molar-refractivity contribution is -0.126. The third kappa shape index (κ3) is 4.79. The molecule has 25 heavy (non-hydrogen) atoms. The van der Waals surface area contributed by atoms with Gasteiger partial charge in [-0.3, -0.25) is 14.5 Å². The van der Waals surface area contributed by atoms with Gasteiger partial charge < -0.3 is 10.1 Å². The number of amides is 2. The fourth-order valence-corrected chi connectivity index (χ4v) is 3.93. The Morgan fingerprint density at radius 2 is 2.08 bits per heavy atom. The lowest BCUT2D eigenvalue weighted by Gasteiger charge is -2.15. The van der Waals surface area contributed by atoms with Gasteiger partial charge in [0, 0.05) is 13.0 Å². The number of benzene rings is 1. The maximum absolute atomic E-state index is 12.1. The third-order valence-corrected chi connectivity index (χ3v) is 5.52. The van der Waals surface area contributed by atoms with Crippen LogP contribution in [0.5, 0.6) is 0 Å². The Bertz CT molecular complexity index is 693. The van der Waals surface area contributed by atoms with Crippen LogP contribution in [0.3, 0.4) is 0 Å². The van der Waals surface area contributed by atoms with E-state index in [0.29, 0.717) is 28.5 Å². The standard InChI is InChI=1S/C17H20N2O4S2/c1-3-13-15(21)19(17(24)25-13)10-6-9-14(20)18-12-8-5-4-7-11(12)16(22)23-2/h4-5,7-8,13H,3,6,9-10H2,1-2H3,(H,18,20). The predicted octanol–water partition coefficient (Wildman–Crippen LogP) is 2.83. The van der Waals surface area contributed by atoms with E-state index in [9.17, 15) is 14.4 Å². The quantitative estimate of drug-likeness (QED) is 0.579. The summed E-state index contributed by atoms with van der Waals surface area (Å²) in [7, 11) is 1.29. The van der Waals surface area contributed by atoms with Crippen molar-refractivity contribution in [2.45, 2.75) is 31.4 Å². The van der Waals surface area contributed by atoms with E-state index >= 15 is 0 Å². The first kappa shape index (κ1) is 19.4. The van der Waals surface area contributed by atoms with Crippen LogP contribution in [0.25, 0.3) is 0 Å². The van der Waals surface area contributed by atoms with Gasteiger partial charge in [-0.05, 0) is 25.0 Å². The topological polar surface area (TPSA) is 75.7 Å². The van der Waals surface area contributed by atoms with Crippen LogP contribution in [0, 0.1) is 0 Å². The lowest BCUT2D eigenvalue weighted by atomic mass is 10.1. The van der Waals surface area contributed by atoms with Crippen molar-refractivity contribution >= 4 is 51.8 Å². The number of hydrogen-bond donors (Lipinski definition) is 1. The molecule has 1 heterocycles. The van der Waals surface area contributed by atoms with Crippen LogP contribution in [-0.2, 0) is 14.3 Å². The fraction of sp³-hybridized carbons (Fsp3) is 0.412. The fourth-order valence-electron chi connectivity index (χ4n) is 2.45. The van der Waals surface area contributed by atoms with Crippen LogP contribution in [0.4, 0.5) is 5.69 Å². The molecule has 1 aliphatic heterocycles. The number of carbonyl (C=O) groups is 3. The molecule has 1 aliphatic rings. The van der Waals surface area contributed by atoms with Gasteiger partial charge in [0.05, 0.1) is 23.6 Å². The molecule has 2 rings (SSSR count). The molecular weight excluding hydrogens is 360 g/mol. The second-order valence-electron chi connectivity index (χ2n) is 5.46. The Morgan fingerprint density at radius 1 is 1.36 bits per heavy atom. The van der Waals surface area contributed by atoms with Crippen molar-refractivity contribution < 1.29 is 19.1 Å². The monoisotopic (exact) mass is 380 g/mol. The van der Waals surface area contributed by atoms with Crippen molar-refractivity contribution in [2.24, 2.45) is 0 Å². The molecule has 0 aromatic heterocycles. The van der Waals surface area contributed by atoms with E-state index in [4.69, 9.17) is 17.0 Å². The highest BCUT2D eigenvalue weighted by molar-refractivity contribution is 8.24. The third-order valence-electron chi connectivity index (χ3n) is 3.77. The van der Waals surface area contributed by atoms with Crippen LogP contribution in [-0.4, -0.2) is 45.9 Å². The Balaban J connectivity index is 1.87. The molecule has 1 aromatic carbocycles. The summed E-state index contributed by atoms with van der Waals surface area (Å²) in [5.41, 5.74) is 0.713. The van der Waals surface area contributed by atoms with Gasteiger partial charge in [0.2, 0.25) is 11.8 Å². The van der Waals surface area contributed by atoms with Crippen LogP contribution < -0.4 is 5.32 Å². The van der Waals surface area contributed by atoms with Crippen molar-refractivity contribution in [2.75, 3.05) is 19.0 Å². The average molecular weight is 380 g/mol. The molecule has 0 aliphatic carbocycles. The summed E-state index contributed by atoms with van der Waals surface area (Å²) >= 11 is 6.63. The first-order valence-electron chi connectivity index (χ1n) is 7.97. The highest BCUT2D eigenvalue weighted by Crippen LogP contribution is 2.29. The zero-order valence-corrected chi connectivity index (χ0v) is 15.7. The maximum Gasteiger partial charge on any atom is 0.339 e. The van der Waals surface area contributed by atoms with Crippen molar-refractivity contribution in [1.82, 2.24) is 4.90 Å². The van der Waals surface area contributed by atoms with Crippen molar-refractivity contribution in [3.63, 3.8) is 0 Å². The molecule has 2 amide bonds. The first-order chi connectivity index (χ1) is 12.0. The number of para-hydroxylation sites is 1. The largest absolute Gasteiger partial charge is 0.465 e. The van der Waals surface area contributed by atoms with E-state index in [0.717, 1.165) is 6.42 Å². The molecule has 0 spiro atoms. The molecule has 6 nitrogen and oxygen atoms in total. The smallest absolute Gasteiger partial charge is 0.339 e. The molecule has 0 saturated carbocycles. The number of nitrogens with zero attached hydrogens (tertiary/aromatic N) is 1. The van der Waals surface area contributed by atoms with Crippen LogP contribution in [0.15, 0.2) is 24.3 Å². The van der Waals surface area contributed by atoms with Gasteiger partial charge in [0.25, 0.3) is 0 Å². The van der Waals surface area contributed by atoms with Crippen LogP contribution in [0.2, 0.25) is 0 Å². The van der Waals surface area contributed by atoms with Gasteiger partial charge in [-0.25, -0.2) is 4.79 Å². The molecule has 134 valence electrons. The summed E-state index contributed by atoms with van der Waals surface area (Å²) in [6, 6.07) is 6.66. The molecule has 1 aromatic rings. The average Bonchev–Trinajstić information content (AvgIpc) is 2.89. The van der Waals surface area contributed by atoms with Gasteiger partial charge >= 0.3 is 5.97 Å². The first-order valence-corrected chi connectivity index (χ1v) is 9.25. The second kappa shape index (κ2) is 8.96. The number of hydrogen-bond acceptors (Lipinski definition) is 6. The summed E-state index contributed by atoms with van der Waals surface area (Å²) in [6.45, 7) is 2.38. The number of nitrogens with one attached hydrogen (secondary N) is 1. The molecule has 1 unspecified atom stereocenters. The number of esters is 1. The van der Waals surface area contributed by atoms with Gasteiger partial charge in [0.15, 0.2) is 0 Å². The SMILES string of the molecule is CCC1SC(=S)N(CCCC(=O)Nc2ccccc2C(=O)OC)C1=O. The van der Waals surface area contributed by atoms with E-state index in [-0.39, 0.29) is 23.5 Å². The zero-order valence-electron chi connectivity index (χ0n) is 14.1. The minimum absolute atomic E-state index is 0.0222. The Morgan fingerprint density at radius 3 is 2.72 bits per heavy atom. The molecule has 8 heteroatoms. The highest BCUT2D eigenvalue weighted by atomic mass is 32.2. The van der Waals surface area contributed by atoms with Gasteiger partial charge in [0.1, 0.15) is 4.32 Å². The van der Waals surface area contributed by atoms with Crippen molar-refractivity contribution in [3.8, 4) is 0 Å². The number of thiocarbonyl (C=S) groups is 1. The number of carbonyl (C=O) groups excluding carboxylic acids is 3. The molecule has 1 N–H and O–H groups in total. The van der Waals surface area contributed by atoms with E-state index < -0.39 is 5.97 Å². The minimum Gasteiger partial charge on any atom is -0.465 e. The molecule has 0 radical (unpaired) electrons. The normalized spacial score (nSPS) is 16.9. The Labute approximate surface area is 156 Å². The summed E-state index contributed by atoms with van der Waals surface area (Å²) in [4.78, 5) is 37.5. The van der Waals surface area contributed by atoms with Gasteiger partial charge in [-0.2, -0.15) is 0 Å². The maximum atomic E-state index is 12.1. The summed E-state index contributed by atoms with van der Waals surface area (Å²) < 4.78 is 5.28. The van der Waals surface area contributed by atoms with Gasteiger partial charge in [-0.1, -0.05) is 43.0 Å². The van der Waals surface area contributed by atoms with E-state index in [1.807, 2.05) is 6.92 Å². The number of rotatable bonds is 7. The lowest BCUT2D eigenvalue weighted by Crippen LogP contribution is -2.32. The number of thioether (sulfide) groups is 1. The number of ether oxygens (including phenoxy) is 1. The second-order valence-corrected chi connectivity index (χ2v) is 7.30. The van der Waals surface area contributed by atoms with Crippen LogP contribution in [0.1, 0.15) is 36.5 Å². The van der Waals surface area contributed by atoms with Crippen molar-refractivity contribution in [1.29, 1.82) is 0 Å².